The summed E-state index contributed by atoms with van der Waals surface area (Å²) in [6.45, 7) is 2.17. The fraction of sp³-hybridized carbons (Fsp3) is 0.389. The summed E-state index contributed by atoms with van der Waals surface area (Å²) in [7, 11) is 3.54. The van der Waals surface area contributed by atoms with Crippen LogP contribution in [-0.2, 0) is 18.3 Å². The predicted octanol–water partition coefficient (Wildman–Crippen LogP) is 0.592. The molecule has 0 spiro atoms. The van der Waals surface area contributed by atoms with Crippen LogP contribution in [0.4, 0.5) is 5.69 Å². The van der Waals surface area contributed by atoms with Gasteiger partial charge in [0.25, 0.3) is 0 Å². The molecule has 138 valence electrons. The lowest BCUT2D eigenvalue weighted by Gasteiger charge is -2.35. The standard InChI is InChI=1S/C18H24N6O2/c1-19-18(20-8-7-14-5-3-4-6-16(14)25)23-9-10-24(17(26)13-23)15-11-21-22(2)12-15/h3-6,11-12,25H,7-10,13H2,1-2H3,(H,19,20). The molecule has 1 saturated heterocycles. The normalized spacial score (nSPS) is 15.5. The molecule has 2 aromatic rings. The molecule has 0 atom stereocenters. The van der Waals surface area contributed by atoms with Crippen LogP contribution in [0.15, 0.2) is 41.7 Å². The van der Waals surface area contributed by atoms with Crippen molar-refractivity contribution in [3.63, 3.8) is 0 Å². The van der Waals surface area contributed by atoms with Gasteiger partial charge in [-0.15, -0.1) is 0 Å². The van der Waals surface area contributed by atoms with Crippen molar-refractivity contribution in [3.8, 4) is 5.75 Å². The Labute approximate surface area is 152 Å². The number of carbonyl (C=O) groups is 1. The average molecular weight is 356 g/mol. The maximum atomic E-state index is 12.5. The lowest BCUT2D eigenvalue weighted by Crippen LogP contribution is -2.55. The minimum atomic E-state index is 0.0212. The monoisotopic (exact) mass is 356 g/mol. The van der Waals surface area contributed by atoms with E-state index in [1.54, 1.807) is 35.0 Å². The third-order valence-electron chi connectivity index (χ3n) is 4.40. The second-order valence-corrected chi connectivity index (χ2v) is 6.19. The number of aromatic nitrogens is 2. The molecule has 1 amide bonds. The summed E-state index contributed by atoms with van der Waals surface area (Å²) in [6.07, 6.45) is 4.22. The van der Waals surface area contributed by atoms with E-state index in [4.69, 9.17) is 0 Å². The van der Waals surface area contributed by atoms with E-state index in [-0.39, 0.29) is 12.5 Å². The molecule has 1 aromatic heterocycles. The molecule has 8 heteroatoms. The van der Waals surface area contributed by atoms with Crippen LogP contribution in [0.1, 0.15) is 5.56 Å². The van der Waals surface area contributed by atoms with Gasteiger partial charge in [-0.1, -0.05) is 18.2 Å². The number of aryl methyl sites for hydroxylation is 1. The maximum Gasteiger partial charge on any atom is 0.246 e. The number of piperazine rings is 1. The number of nitrogens with zero attached hydrogens (tertiary/aromatic N) is 5. The number of nitrogens with one attached hydrogen (secondary N) is 1. The van der Waals surface area contributed by atoms with Crippen LogP contribution in [0.2, 0.25) is 0 Å². The highest BCUT2D eigenvalue weighted by Gasteiger charge is 2.27. The van der Waals surface area contributed by atoms with Gasteiger partial charge in [-0.05, 0) is 18.1 Å². The molecule has 0 unspecified atom stereocenters. The van der Waals surface area contributed by atoms with Gasteiger partial charge in [0.05, 0.1) is 11.9 Å². The maximum absolute atomic E-state index is 12.5. The topological polar surface area (TPSA) is 86.0 Å². The van der Waals surface area contributed by atoms with Crippen molar-refractivity contribution in [2.24, 2.45) is 12.0 Å². The Balaban J connectivity index is 1.55. The number of para-hydroxylation sites is 1. The lowest BCUT2D eigenvalue weighted by molar-refractivity contribution is -0.120. The van der Waals surface area contributed by atoms with Crippen molar-refractivity contribution in [2.45, 2.75) is 6.42 Å². The summed E-state index contributed by atoms with van der Waals surface area (Å²) in [5.74, 6) is 1.01. The van der Waals surface area contributed by atoms with Crippen LogP contribution in [0, 0.1) is 0 Å². The van der Waals surface area contributed by atoms with Gasteiger partial charge in [0.15, 0.2) is 5.96 Å². The lowest BCUT2D eigenvalue weighted by atomic mass is 10.1. The highest BCUT2D eigenvalue weighted by Crippen LogP contribution is 2.17. The number of amides is 1. The van der Waals surface area contributed by atoms with Crippen LogP contribution in [0.25, 0.3) is 0 Å². The molecule has 1 aliphatic rings. The molecule has 2 heterocycles. The van der Waals surface area contributed by atoms with Crippen molar-refractivity contribution < 1.29 is 9.90 Å². The van der Waals surface area contributed by atoms with Gasteiger partial charge in [-0.25, -0.2) is 0 Å². The first kappa shape index (κ1) is 17.8. The fourth-order valence-corrected chi connectivity index (χ4v) is 3.04. The molecule has 0 bridgehead atoms. The molecule has 2 N–H and O–H groups in total. The Morgan fingerprint density at radius 2 is 2.15 bits per heavy atom. The van der Waals surface area contributed by atoms with E-state index in [0.29, 0.717) is 37.8 Å². The molecular formula is C18H24N6O2. The molecule has 0 saturated carbocycles. The van der Waals surface area contributed by atoms with Gasteiger partial charge >= 0.3 is 0 Å². The van der Waals surface area contributed by atoms with Gasteiger partial charge in [-0.2, -0.15) is 5.10 Å². The minimum Gasteiger partial charge on any atom is -0.508 e. The molecule has 8 nitrogen and oxygen atoms in total. The molecular weight excluding hydrogens is 332 g/mol. The van der Waals surface area contributed by atoms with E-state index < -0.39 is 0 Å². The number of benzene rings is 1. The van der Waals surface area contributed by atoms with E-state index in [9.17, 15) is 9.90 Å². The third-order valence-corrected chi connectivity index (χ3v) is 4.40. The van der Waals surface area contributed by atoms with Gasteiger partial charge in [0.1, 0.15) is 12.3 Å². The molecule has 0 aliphatic carbocycles. The number of aliphatic imine (C=N–C) groups is 1. The van der Waals surface area contributed by atoms with Crippen molar-refractivity contribution in [1.82, 2.24) is 20.0 Å². The third kappa shape index (κ3) is 3.96. The van der Waals surface area contributed by atoms with Crippen molar-refractivity contribution in [3.05, 3.63) is 42.2 Å². The average Bonchev–Trinajstić information content (AvgIpc) is 3.06. The first-order valence-corrected chi connectivity index (χ1v) is 8.60. The van der Waals surface area contributed by atoms with Crippen LogP contribution in [0.5, 0.6) is 5.75 Å². The Kier molecular flexibility index (Phi) is 5.40. The van der Waals surface area contributed by atoms with Crippen LogP contribution >= 0.6 is 0 Å². The quantitative estimate of drug-likeness (QED) is 0.619. The number of guanidine groups is 1. The molecule has 26 heavy (non-hydrogen) atoms. The summed E-state index contributed by atoms with van der Waals surface area (Å²) >= 11 is 0. The molecule has 1 fully saturated rings. The highest BCUT2D eigenvalue weighted by molar-refractivity contribution is 5.98. The number of hydrogen-bond donors (Lipinski definition) is 2. The van der Waals surface area contributed by atoms with Crippen molar-refractivity contribution in [1.29, 1.82) is 0 Å². The number of hydrogen-bond acceptors (Lipinski definition) is 4. The smallest absolute Gasteiger partial charge is 0.246 e. The van der Waals surface area contributed by atoms with Crippen LogP contribution in [-0.4, -0.2) is 64.9 Å². The summed E-state index contributed by atoms with van der Waals surface area (Å²) in [5.41, 5.74) is 1.70. The number of phenols is 1. The first-order chi connectivity index (χ1) is 12.6. The van der Waals surface area contributed by atoms with E-state index in [0.717, 1.165) is 11.3 Å². The summed E-state index contributed by atoms with van der Waals surface area (Å²) in [6, 6.07) is 7.29. The Morgan fingerprint density at radius 3 is 2.81 bits per heavy atom. The molecule has 3 rings (SSSR count). The summed E-state index contributed by atoms with van der Waals surface area (Å²) in [4.78, 5) is 20.5. The second-order valence-electron chi connectivity index (χ2n) is 6.19. The zero-order valence-corrected chi connectivity index (χ0v) is 15.1. The number of anilines is 1. The SMILES string of the molecule is CN=C(NCCc1ccccc1O)N1CCN(c2cnn(C)c2)C(=O)C1. The largest absolute Gasteiger partial charge is 0.508 e. The molecule has 1 aromatic carbocycles. The summed E-state index contributed by atoms with van der Waals surface area (Å²) < 4.78 is 1.69. The van der Waals surface area contributed by atoms with E-state index in [1.807, 2.05) is 30.3 Å². The Bertz CT molecular complexity index is 800. The summed E-state index contributed by atoms with van der Waals surface area (Å²) in [5, 5.41) is 17.2. The zero-order valence-electron chi connectivity index (χ0n) is 15.1. The van der Waals surface area contributed by atoms with E-state index in [2.05, 4.69) is 15.4 Å². The number of carbonyl (C=O) groups excluding carboxylic acids is 1. The van der Waals surface area contributed by atoms with E-state index >= 15 is 0 Å². The minimum absolute atomic E-state index is 0.0212. The number of phenolic OH excluding ortho intramolecular Hbond substituents is 1. The van der Waals surface area contributed by atoms with Crippen molar-refractivity contribution >= 4 is 17.6 Å². The number of rotatable bonds is 4. The van der Waals surface area contributed by atoms with Gasteiger partial charge in [0, 0.05) is 39.9 Å². The van der Waals surface area contributed by atoms with Crippen LogP contribution < -0.4 is 10.2 Å². The Hall–Kier alpha value is -3.03. The zero-order chi connectivity index (χ0) is 18.5. The van der Waals surface area contributed by atoms with E-state index in [1.165, 1.54) is 0 Å². The van der Waals surface area contributed by atoms with Gasteiger partial charge < -0.3 is 20.2 Å². The first-order valence-electron chi connectivity index (χ1n) is 8.60. The highest BCUT2D eigenvalue weighted by atomic mass is 16.3. The molecule has 1 aliphatic heterocycles. The van der Waals surface area contributed by atoms with Crippen molar-refractivity contribution in [2.75, 3.05) is 38.1 Å². The van der Waals surface area contributed by atoms with Crippen LogP contribution in [0.3, 0.4) is 0 Å². The predicted molar refractivity (Wildman–Crippen MR) is 100 cm³/mol. The number of aromatic hydroxyl groups is 1. The second kappa shape index (κ2) is 7.90. The Morgan fingerprint density at radius 1 is 1.35 bits per heavy atom. The van der Waals surface area contributed by atoms with Gasteiger partial charge in [0.2, 0.25) is 5.91 Å². The fourth-order valence-electron chi connectivity index (χ4n) is 3.04. The van der Waals surface area contributed by atoms with Gasteiger partial charge in [-0.3, -0.25) is 14.5 Å². The molecule has 0 radical (unpaired) electrons.